The van der Waals surface area contributed by atoms with Crippen LogP contribution in [0.2, 0.25) is 5.02 Å². The molecule has 0 saturated heterocycles. The fourth-order valence-corrected chi connectivity index (χ4v) is 5.49. The molecule has 1 atom stereocenters. The zero-order valence-corrected chi connectivity index (χ0v) is 21.8. The molecule has 3 aromatic rings. The molecule has 0 radical (unpaired) electrons. The number of carbonyl (C=O) groups excluding carboxylic acids is 2. The van der Waals surface area contributed by atoms with Crippen molar-refractivity contribution in [3.8, 4) is 11.5 Å². The molecule has 1 aliphatic carbocycles. The number of phenols is 1. The number of para-hydroxylation sites is 1. The van der Waals surface area contributed by atoms with Gasteiger partial charge in [-0.2, -0.15) is 0 Å². The highest BCUT2D eigenvalue weighted by atomic mass is 35.5. The predicted molar refractivity (Wildman–Crippen MR) is 145 cm³/mol. The first-order valence-corrected chi connectivity index (χ1v) is 12.6. The summed E-state index contributed by atoms with van der Waals surface area (Å²) < 4.78 is 5.95. The lowest BCUT2D eigenvalue weighted by atomic mass is 9.73. The third kappa shape index (κ3) is 4.81. The Bertz CT molecular complexity index is 1410. The van der Waals surface area contributed by atoms with E-state index in [4.69, 9.17) is 16.3 Å². The summed E-state index contributed by atoms with van der Waals surface area (Å²) in [7, 11) is 0. The molecule has 2 N–H and O–H groups in total. The van der Waals surface area contributed by atoms with E-state index in [9.17, 15) is 14.7 Å². The van der Waals surface area contributed by atoms with Gasteiger partial charge < -0.3 is 15.2 Å². The summed E-state index contributed by atoms with van der Waals surface area (Å²) in [6, 6.07) is 19.5. The van der Waals surface area contributed by atoms with Crippen LogP contribution in [-0.4, -0.2) is 16.8 Å². The Labute approximate surface area is 221 Å². The van der Waals surface area contributed by atoms with Crippen molar-refractivity contribution in [2.45, 2.75) is 46.3 Å². The zero-order chi connectivity index (χ0) is 26.3. The molecule has 190 valence electrons. The van der Waals surface area contributed by atoms with Crippen molar-refractivity contribution in [2.75, 3.05) is 10.2 Å². The second kappa shape index (κ2) is 9.60. The van der Waals surface area contributed by atoms with E-state index in [1.54, 1.807) is 35.2 Å². The highest BCUT2D eigenvalue weighted by Gasteiger charge is 2.43. The Morgan fingerprint density at radius 3 is 2.57 bits per heavy atom. The van der Waals surface area contributed by atoms with E-state index in [0.29, 0.717) is 58.4 Å². The van der Waals surface area contributed by atoms with Gasteiger partial charge in [0, 0.05) is 24.6 Å². The van der Waals surface area contributed by atoms with Crippen LogP contribution in [0.4, 0.5) is 11.4 Å². The van der Waals surface area contributed by atoms with Crippen LogP contribution in [0.25, 0.3) is 0 Å². The molecule has 0 bridgehead atoms. The van der Waals surface area contributed by atoms with Crippen molar-refractivity contribution in [1.82, 2.24) is 0 Å². The standard InChI is InChI=1S/C30H29ClN2O4/c1-18(34)33-23-10-7-11-24(35)28(23)32-22-15-30(2,3)16-25(36)27(22)29(33)20-12-13-26(21(31)14-20)37-17-19-8-5-4-6-9-19/h4-14,29,32,35H,15-17H2,1-3H3. The summed E-state index contributed by atoms with van der Waals surface area (Å²) in [5.41, 5.74) is 3.56. The van der Waals surface area contributed by atoms with Gasteiger partial charge in [-0.25, -0.2) is 0 Å². The van der Waals surface area contributed by atoms with E-state index < -0.39 is 6.04 Å². The van der Waals surface area contributed by atoms with E-state index in [-0.39, 0.29) is 22.9 Å². The minimum absolute atomic E-state index is 0.00905. The van der Waals surface area contributed by atoms with Crippen LogP contribution in [0.5, 0.6) is 11.5 Å². The Hall–Kier alpha value is -3.77. The van der Waals surface area contributed by atoms with Gasteiger partial charge in [0.2, 0.25) is 5.91 Å². The molecule has 6 nitrogen and oxygen atoms in total. The van der Waals surface area contributed by atoms with Gasteiger partial charge in [-0.3, -0.25) is 14.5 Å². The topological polar surface area (TPSA) is 78.9 Å². The molecule has 5 rings (SSSR count). The second-order valence-electron chi connectivity index (χ2n) is 10.4. The van der Waals surface area contributed by atoms with Crippen molar-refractivity contribution in [3.05, 3.63) is 94.1 Å². The Morgan fingerprint density at radius 1 is 1.11 bits per heavy atom. The van der Waals surface area contributed by atoms with Crippen molar-refractivity contribution in [2.24, 2.45) is 5.41 Å². The Balaban J connectivity index is 1.62. The third-order valence-electron chi connectivity index (χ3n) is 6.86. The molecular formula is C30H29ClN2O4. The average Bonchev–Trinajstić information content (AvgIpc) is 2.98. The van der Waals surface area contributed by atoms with Crippen LogP contribution in [0.3, 0.4) is 0 Å². The third-order valence-corrected chi connectivity index (χ3v) is 7.15. The van der Waals surface area contributed by atoms with E-state index in [2.05, 4.69) is 5.32 Å². The number of carbonyl (C=O) groups is 2. The molecule has 3 aromatic carbocycles. The summed E-state index contributed by atoms with van der Waals surface area (Å²) in [5, 5.41) is 14.4. The van der Waals surface area contributed by atoms with Crippen LogP contribution >= 0.6 is 11.6 Å². The van der Waals surface area contributed by atoms with Crippen molar-refractivity contribution >= 4 is 34.7 Å². The molecule has 1 amide bonds. The zero-order valence-electron chi connectivity index (χ0n) is 21.0. The van der Waals surface area contributed by atoms with Gasteiger partial charge in [0.15, 0.2) is 5.78 Å². The second-order valence-corrected chi connectivity index (χ2v) is 10.8. The number of amides is 1. The van der Waals surface area contributed by atoms with Crippen LogP contribution < -0.4 is 15.0 Å². The van der Waals surface area contributed by atoms with E-state index >= 15 is 0 Å². The number of nitrogens with zero attached hydrogens (tertiary/aromatic N) is 1. The number of aromatic hydroxyl groups is 1. The van der Waals surface area contributed by atoms with Gasteiger partial charge in [0.25, 0.3) is 0 Å². The van der Waals surface area contributed by atoms with E-state index in [0.717, 1.165) is 5.56 Å². The molecule has 1 aliphatic heterocycles. The normalized spacial score (nSPS) is 18.4. The average molecular weight is 517 g/mol. The van der Waals surface area contributed by atoms with Gasteiger partial charge >= 0.3 is 0 Å². The molecule has 0 fully saturated rings. The summed E-state index contributed by atoms with van der Waals surface area (Å²) in [4.78, 5) is 28.4. The Kier molecular flexibility index (Phi) is 6.46. The first kappa shape index (κ1) is 24.9. The van der Waals surface area contributed by atoms with E-state index in [1.165, 1.54) is 6.92 Å². The number of halogens is 1. The lowest BCUT2D eigenvalue weighted by Gasteiger charge is -2.36. The number of benzene rings is 3. The highest BCUT2D eigenvalue weighted by Crippen LogP contribution is 2.50. The maximum absolute atomic E-state index is 13.6. The molecule has 0 spiro atoms. The fraction of sp³-hybridized carbons (Fsp3) is 0.267. The molecule has 1 unspecified atom stereocenters. The number of Topliss-reactive ketones (excluding diaryl/α,β-unsaturated/α-hetero) is 1. The number of phenolic OH excluding ortho intramolecular Hbond substituents is 1. The summed E-state index contributed by atoms with van der Waals surface area (Å²) >= 11 is 6.68. The SMILES string of the molecule is CC(=O)N1c2cccc(O)c2NC2=C(C(=O)CC(C)(C)C2)C1c1ccc(OCc2ccccc2)c(Cl)c1. The van der Waals surface area contributed by atoms with Gasteiger partial charge in [-0.1, -0.05) is 67.9 Å². The monoisotopic (exact) mass is 516 g/mol. The maximum atomic E-state index is 13.6. The Morgan fingerprint density at radius 2 is 1.86 bits per heavy atom. The molecule has 2 aliphatic rings. The van der Waals surface area contributed by atoms with Crippen LogP contribution in [0.15, 0.2) is 78.0 Å². The number of anilines is 2. The number of ketones is 1. The molecule has 7 heteroatoms. The molecule has 0 saturated carbocycles. The number of nitrogens with one attached hydrogen (secondary N) is 1. The predicted octanol–water partition coefficient (Wildman–Crippen LogP) is 6.79. The lowest BCUT2D eigenvalue weighted by molar-refractivity contribution is -0.118. The van der Waals surface area contributed by atoms with Gasteiger partial charge in [0.1, 0.15) is 23.8 Å². The lowest BCUT2D eigenvalue weighted by Crippen LogP contribution is -2.38. The number of ether oxygens (including phenoxy) is 1. The van der Waals surface area contributed by atoms with Crippen molar-refractivity contribution < 1.29 is 19.4 Å². The van der Waals surface area contributed by atoms with Crippen molar-refractivity contribution in [3.63, 3.8) is 0 Å². The van der Waals surface area contributed by atoms with Gasteiger partial charge in [0.05, 0.1) is 16.8 Å². The number of allylic oxidation sites excluding steroid dienone is 1. The summed E-state index contributed by atoms with van der Waals surface area (Å²) in [5.74, 6) is 0.224. The largest absolute Gasteiger partial charge is 0.506 e. The van der Waals surface area contributed by atoms with E-state index in [1.807, 2.05) is 50.2 Å². The fourth-order valence-electron chi connectivity index (χ4n) is 5.25. The number of rotatable bonds is 4. The van der Waals surface area contributed by atoms with Crippen LogP contribution in [0, 0.1) is 5.41 Å². The highest BCUT2D eigenvalue weighted by molar-refractivity contribution is 6.32. The number of fused-ring (bicyclic) bond motifs is 1. The summed E-state index contributed by atoms with van der Waals surface area (Å²) in [6.45, 7) is 5.91. The molecule has 1 heterocycles. The molecule has 37 heavy (non-hydrogen) atoms. The van der Waals surface area contributed by atoms with Gasteiger partial charge in [-0.15, -0.1) is 0 Å². The van der Waals surface area contributed by atoms with Crippen LogP contribution in [-0.2, 0) is 16.2 Å². The van der Waals surface area contributed by atoms with Crippen LogP contribution in [0.1, 0.15) is 50.8 Å². The van der Waals surface area contributed by atoms with Gasteiger partial charge in [-0.05, 0) is 47.2 Å². The smallest absolute Gasteiger partial charge is 0.224 e. The first-order valence-electron chi connectivity index (χ1n) is 12.3. The van der Waals surface area contributed by atoms with Crippen molar-refractivity contribution in [1.29, 1.82) is 0 Å². The quantitative estimate of drug-likeness (QED) is 0.373. The minimum Gasteiger partial charge on any atom is -0.506 e. The molecular weight excluding hydrogens is 488 g/mol. The number of hydrogen-bond donors (Lipinski definition) is 2. The summed E-state index contributed by atoms with van der Waals surface area (Å²) in [6.07, 6.45) is 0.945. The number of hydrogen-bond acceptors (Lipinski definition) is 5. The first-order chi connectivity index (χ1) is 17.6. The maximum Gasteiger partial charge on any atom is 0.224 e. The minimum atomic E-state index is -0.715. The molecule has 0 aromatic heterocycles.